The van der Waals surface area contributed by atoms with Gasteiger partial charge in [0.2, 0.25) is 0 Å². The number of allylic oxidation sites excluding steroid dienone is 1. The van der Waals surface area contributed by atoms with Crippen molar-refractivity contribution in [2.24, 2.45) is 35.0 Å². The molecule has 16 heavy (non-hydrogen) atoms. The highest BCUT2D eigenvalue weighted by Crippen LogP contribution is 2.71. The summed E-state index contributed by atoms with van der Waals surface area (Å²) in [5, 5.41) is 9.51. The Morgan fingerprint density at radius 1 is 1.50 bits per heavy atom. The minimum Gasteiger partial charge on any atom is -0.392 e. The van der Waals surface area contributed by atoms with Crippen LogP contribution in [0.3, 0.4) is 0 Å². The van der Waals surface area contributed by atoms with Crippen molar-refractivity contribution < 1.29 is 5.11 Å². The fourth-order valence-electron chi connectivity index (χ4n) is 5.22. The molecule has 3 saturated carbocycles. The minimum atomic E-state index is 0.300. The average molecular weight is 220 g/mol. The first-order valence-corrected chi connectivity index (χ1v) is 6.89. The van der Waals surface area contributed by atoms with Crippen LogP contribution in [0.15, 0.2) is 11.6 Å². The van der Waals surface area contributed by atoms with E-state index in [1.165, 1.54) is 24.8 Å². The Bertz CT molecular complexity index is 330. The van der Waals surface area contributed by atoms with Crippen LogP contribution in [-0.2, 0) is 0 Å². The molecule has 3 fully saturated rings. The van der Waals surface area contributed by atoms with Crippen LogP contribution in [0.4, 0.5) is 0 Å². The number of fused-ring (bicyclic) bond motifs is 2. The van der Waals surface area contributed by atoms with Gasteiger partial charge in [-0.25, -0.2) is 0 Å². The van der Waals surface area contributed by atoms with Gasteiger partial charge in [0.25, 0.3) is 0 Å². The summed E-state index contributed by atoms with van der Waals surface area (Å²) in [6.07, 6.45) is 6.37. The summed E-state index contributed by atoms with van der Waals surface area (Å²) in [4.78, 5) is 0. The van der Waals surface area contributed by atoms with E-state index in [2.05, 4.69) is 26.8 Å². The molecule has 3 unspecified atom stereocenters. The molecule has 4 aliphatic carbocycles. The highest BCUT2D eigenvalue weighted by molar-refractivity contribution is 5.29. The van der Waals surface area contributed by atoms with Crippen molar-refractivity contribution in [2.45, 2.75) is 40.0 Å². The second kappa shape index (κ2) is 3.35. The summed E-state index contributed by atoms with van der Waals surface area (Å²) < 4.78 is 0. The van der Waals surface area contributed by atoms with Crippen molar-refractivity contribution in [2.75, 3.05) is 6.61 Å². The third-order valence-electron chi connectivity index (χ3n) is 5.99. The number of rotatable bonds is 2. The molecule has 1 nitrogen and oxygen atoms in total. The van der Waals surface area contributed by atoms with E-state index < -0.39 is 0 Å². The molecular formula is C15H24O. The van der Waals surface area contributed by atoms with Gasteiger partial charge in [-0.2, -0.15) is 0 Å². The molecule has 0 heterocycles. The first-order chi connectivity index (χ1) is 7.59. The molecule has 1 N–H and O–H groups in total. The quantitative estimate of drug-likeness (QED) is 0.708. The van der Waals surface area contributed by atoms with Gasteiger partial charge in [0.05, 0.1) is 6.61 Å². The predicted molar refractivity (Wildman–Crippen MR) is 65.9 cm³/mol. The molecule has 0 amide bonds. The van der Waals surface area contributed by atoms with Gasteiger partial charge in [0.15, 0.2) is 0 Å². The second-order valence-electron chi connectivity index (χ2n) is 6.79. The van der Waals surface area contributed by atoms with Crippen molar-refractivity contribution in [3.8, 4) is 0 Å². The average Bonchev–Trinajstić information content (AvgIpc) is 2.29. The van der Waals surface area contributed by atoms with Crippen LogP contribution in [-0.4, -0.2) is 11.7 Å². The van der Waals surface area contributed by atoms with E-state index in [-0.39, 0.29) is 0 Å². The molecule has 5 atom stereocenters. The lowest BCUT2D eigenvalue weighted by Crippen LogP contribution is -2.64. The van der Waals surface area contributed by atoms with Crippen LogP contribution in [0.2, 0.25) is 0 Å². The zero-order valence-electron chi connectivity index (χ0n) is 10.7. The summed E-state index contributed by atoms with van der Waals surface area (Å²) in [5.41, 5.74) is 1.91. The molecule has 0 radical (unpaired) electrons. The molecule has 1 heteroatoms. The van der Waals surface area contributed by atoms with E-state index in [9.17, 15) is 5.11 Å². The molecule has 4 rings (SSSR count). The van der Waals surface area contributed by atoms with Crippen molar-refractivity contribution in [1.82, 2.24) is 0 Å². The highest BCUT2D eigenvalue weighted by Gasteiger charge is 2.65. The van der Waals surface area contributed by atoms with Crippen LogP contribution in [0, 0.1) is 35.0 Å². The predicted octanol–water partition coefficient (Wildman–Crippen LogP) is 3.24. The lowest BCUT2D eigenvalue weighted by molar-refractivity contribution is -0.183. The maximum atomic E-state index is 9.51. The number of aliphatic hydroxyl groups excluding tert-OH is 1. The van der Waals surface area contributed by atoms with Crippen LogP contribution >= 0.6 is 0 Å². The van der Waals surface area contributed by atoms with Crippen LogP contribution < -0.4 is 0 Å². The monoisotopic (exact) mass is 220 g/mol. The Balaban J connectivity index is 1.93. The lowest BCUT2D eigenvalue weighted by Gasteiger charge is -2.70. The molecular weight excluding hydrogens is 196 g/mol. The molecule has 0 aliphatic heterocycles. The van der Waals surface area contributed by atoms with Gasteiger partial charge in [0.1, 0.15) is 0 Å². The van der Waals surface area contributed by atoms with Crippen molar-refractivity contribution >= 4 is 0 Å². The molecule has 0 aromatic carbocycles. The maximum Gasteiger partial charge on any atom is 0.0644 e. The lowest BCUT2D eigenvalue weighted by atomic mass is 9.34. The minimum absolute atomic E-state index is 0.300. The normalized spacial score (nSPS) is 49.9. The summed E-state index contributed by atoms with van der Waals surface area (Å²) in [6.45, 7) is 7.53. The number of hydrogen-bond acceptors (Lipinski definition) is 1. The molecule has 4 bridgehead atoms. The zero-order valence-corrected chi connectivity index (χ0v) is 10.7. The van der Waals surface area contributed by atoms with Gasteiger partial charge in [-0.1, -0.05) is 26.8 Å². The summed E-state index contributed by atoms with van der Waals surface area (Å²) in [7, 11) is 0. The van der Waals surface area contributed by atoms with Crippen LogP contribution in [0.1, 0.15) is 40.0 Å². The second-order valence-corrected chi connectivity index (χ2v) is 6.79. The SMILES string of the molecule is CC(C)[C@@H]1CCC2(C)C3CC=C(CO)[C@H]2C31. The Morgan fingerprint density at radius 2 is 2.25 bits per heavy atom. The molecule has 0 aromatic rings. The Kier molecular flexibility index (Phi) is 2.27. The largest absolute Gasteiger partial charge is 0.392 e. The molecule has 0 spiro atoms. The van der Waals surface area contributed by atoms with Gasteiger partial charge >= 0.3 is 0 Å². The van der Waals surface area contributed by atoms with E-state index in [0.717, 1.165) is 29.6 Å². The van der Waals surface area contributed by atoms with E-state index >= 15 is 0 Å². The maximum absolute atomic E-state index is 9.51. The summed E-state index contributed by atoms with van der Waals surface area (Å²) in [6, 6.07) is 0. The highest BCUT2D eigenvalue weighted by atomic mass is 16.3. The summed E-state index contributed by atoms with van der Waals surface area (Å²) >= 11 is 0. The third-order valence-corrected chi connectivity index (χ3v) is 5.99. The van der Waals surface area contributed by atoms with Crippen LogP contribution in [0.25, 0.3) is 0 Å². The fourth-order valence-corrected chi connectivity index (χ4v) is 5.22. The van der Waals surface area contributed by atoms with Gasteiger partial charge in [0, 0.05) is 0 Å². The number of aliphatic hydroxyl groups is 1. The molecule has 4 aliphatic rings. The Hall–Kier alpha value is -0.300. The molecule has 0 aromatic heterocycles. The first-order valence-electron chi connectivity index (χ1n) is 6.89. The number of hydrogen-bond donors (Lipinski definition) is 1. The van der Waals surface area contributed by atoms with Gasteiger partial charge in [-0.3, -0.25) is 0 Å². The van der Waals surface area contributed by atoms with Gasteiger partial charge < -0.3 is 5.11 Å². The van der Waals surface area contributed by atoms with E-state index in [0.29, 0.717) is 12.0 Å². The first kappa shape index (κ1) is 10.8. The van der Waals surface area contributed by atoms with Crippen molar-refractivity contribution in [3.63, 3.8) is 0 Å². The molecule has 0 saturated heterocycles. The topological polar surface area (TPSA) is 20.2 Å². The van der Waals surface area contributed by atoms with E-state index in [1.807, 2.05) is 0 Å². The van der Waals surface area contributed by atoms with E-state index in [1.54, 1.807) is 0 Å². The van der Waals surface area contributed by atoms with Crippen molar-refractivity contribution in [3.05, 3.63) is 11.6 Å². The Labute approximate surface area is 98.9 Å². The third kappa shape index (κ3) is 1.11. The standard InChI is InChI=1S/C15H24O/c1-9(2)11-6-7-15(3)12-5-4-10(8-16)14(15)13(11)12/h4,9,11-14,16H,5-8H2,1-3H3/t11-,12?,13?,14-,15?/m0/s1. The fraction of sp³-hybridized carbons (Fsp3) is 0.867. The smallest absolute Gasteiger partial charge is 0.0644 e. The van der Waals surface area contributed by atoms with Crippen molar-refractivity contribution in [1.29, 1.82) is 0 Å². The van der Waals surface area contributed by atoms with Gasteiger partial charge in [-0.15, -0.1) is 0 Å². The van der Waals surface area contributed by atoms with Gasteiger partial charge in [-0.05, 0) is 59.8 Å². The Morgan fingerprint density at radius 3 is 2.88 bits per heavy atom. The molecule has 90 valence electrons. The summed E-state index contributed by atoms with van der Waals surface area (Å²) in [5.74, 6) is 4.27. The van der Waals surface area contributed by atoms with Crippen LogP contribution in [0.5, 0.6) is 0 Å². The zero-order chi connectivity index (χ0) is 11.5. The van der Waals surface area contributed by atoms with E-state index in [4.69, 9.17) is 0 Å².